The molecule has 2 aromatic carbocycles. The van der Waals surface area contributed by atoms with E-state index in [2.05, 4.69) is 11.9 Å². The molecular weight excluding hydrogens is 417 g/mol. The van der Waals surface area contributed by atoms with Gasteiger partial charge in [0, 0.05) is 30.0 Å². The van der Waals surface area contributed by atoms with Crippen molar-refractivity contribution in [3.8, 4) is 11.1 Å². The first kappa shape index (κ1) is 23.1. The van der Waals surface area contributed by atoms with Crippen LogP contribution in [0.1, 0.15) is 36.6 Å². The van der Waals surface area contributed by atoms with Crippen LogP contribution in [0, 0.1) is 5.82 Å². The Hall–Kier alpha value is -2.61. The molecule has 1 aromatic heterocycles. The highest BCUT2D eigenvalue weighted by atomic mass is 32.2. The van der Waals surface area contributed by atoms with Crippen molar-refractivity contribution >= 4 is 9.84 Å². The number of aromatic nitrogens is 1. The maximum atomic E-state index is 13.2. The van der Waals surface area contributed by atoms with Crippen LogP contribution in [0.5, 0.6) is 0 Å². The highest BCUT2D eigenvalue weighted by Crippen LogP contribution is 2.24. The van der Waals surface area contributed by atoms with Gasteiger partial charge in [0.05, 0.1) is 17.2 Å². The molecule has 0 aliphatic heterocycles. The molecule has 1 heterocycles. The van der Waals surface area contributed by atoms with Crippen LogP contribution in [0.4, 0.5) is 4.39 Å². The number of rotatable bonds is 10. The zero-order valence-electron chi connectivity index (χ0n) is 17.7. The molecule has 5 nitrogen and oxygen atoms in total. The van der Waals surface area contributed by atoms with Crippen molar-refractivity contribution in [1.29, 1.82) is 0 Å². The second-order valence-electron chi connectivity index (χ2n) is 7.37. The Kier molecular flexibility index (Phi) is 7.90. The lowest BCUT2D eigenvalue weighted by molar-refractivity contribution is -0.304. The first-order valence-electron chi connectivity index (χ1n) is 10.1. The van der Waals surface area contributed by atoms with Gasteiger partial charge in [-0.05, 0) is 47.9 Å². The van der Waals surface area contributed by atoms with Gasteiger partial charge in [0.2, 0.25) is 0 Å². The lowest BCUT2D eigenvalue weighted by atomic mass is 10.0. The molecule has 0 saturated heterocycles. The van der Waals surface area contributed by atoms with Gasteiger partial charge < -0.3 is 0 Å². The Balaban J connectivity index is 1.85. The molecule has 0 atom stereocenters. The van der Waals surface area contributed by atoms with E-state index in [1.807, 2.05) is 6.07 Å². The number of sulfone groups is 1. The molecule has 0 saturated carbocycles. The van der Waals surface area contributed by atoms with Crippen molar-refractivity contribution in [2.24, 2.45) is 0 Å². The van der Waals surface area contributed by atoms with E-state index < -0.39 is 9.84 Å². The number of hydrogen-bond acceptors (Lipinski definition) is 5. The maximum absolute atomic E-state index is 13.2. The average molecular weight is 444 g/mol. The molecule has 0 amide bonds. The molecule has 0 aliphatic rings. The smallest absolute Gasteiger partial charge is 0.175 e. The van der Waals surface area contributed by atoms with E-state index in [1.54, 1.807) is 42.6 Å². The number of unbranched alkanes of at least 4 members (excludes halogenated alkanes) is 1. The van der Waals surface area contributed by atoms with E-state index in [0.717, 1.165) is 40.8 Å². The van der Waals surface area contributed by atoms with Crippen LogP contribution in [0.3, 0.4) is 0 Å². The van der Waals surface area contributed by atoms with Gasteiger partial charge in [-0.1, -0.05) is 37.6 Å². The molecule has 3 aromatic rings. The second-order valence-corrected chi connectivity index (χ2v) is 9.38. The van der Waals surface area contributed by atoms with Gasteiger partial charge in [-0.2, -0.15) is 0 Å². The molecule has 0 spiro atoms. The molecule has 0 aliphatic carbocycles. The van der Waals surface area contributed by atoms with Gasteiger partial charge in [0.15, 0.2) is 9.84 Å². The number of hydrogen-bond donors (Lipinski definition) is 0. The van der Waals surface area contributed by atoms with Gasteiger partial charge in [-0.15, -0.1) is 0 Å². The monoisotopic (exact) mass is 443 g/mol. The van der Waals surface area contributed by atoms with Crippen molar-refractivity contribution < 1.29 is 22.6 Å². The van der Waals surface area contributed by atoms with E-state index in [9.17, 15) is 12.8 Å². The summed E-state index contributed by atoms with van der Waals surface area (Å²) in [7, 11) is -3.25. The van der Waals surface area contributed by atoms with E-state index in [1.165, 1.54) is 18.4 Å². The van der Waals surface area contributed by atoms with Crippen LogP contribution >= 0.6 is 0 Å². The van der Waals surface area contributed by atoms with Crippen molar-refractivity contribution in [2.75, 3.05) is 12.9 Å². The first-order chi connectivity index (χ1) is 14.9. The number of halogens is 1. The number of benzene rings is 2. The van der Waals surface area contributed by atoms with Crippen LogP contribution in [-0.2, 0) is 32.6 Å². The molecule has 31 heavy (non-hydrogen) atoms. The van der Waals surface area contributed by atoms with Crippen molar-refractivity contribution in [3.05, 3.63) is 83.4 Å². The summed E-state index contributed by atoms with van der Waals surface area (Å²) in [5.74, 6) is -0.280. The van der Waals surface area contributed by atoms with Crippen LogP contribution in [0.2, 0.25) is 0 Å². The van der Waals surface area contributed by atoms with Crippen LogP contribution in [0.25, 0.3) is 11.1 Å². The minimum absolute atomic E-state index is 0.225. The van der Waals surface area contributed by atoms with Gasteiger partial charge >= 0.3 is 0 Å². The van der Waals surface area contributed by atoms with Crippen LogP contribution in [-0.4, -0.2) is 26.3 Å². The van der Waals surface area contributed by atoms with Crippen molar-refractivity contribution in [2.45, 2.75) is 37.7 Å². The third-order valence-electron chi connectivity index (χ3n) is 4.84. The fourth-order valence-electron chi connectivity index (χ4n) is 3.04. The van der Waals surface area contributed by atoms with E-state index in [0.29, 0.717) is 13.0 Å². The molecule has 164 valence electrons. The molecule has 0 bridgehead atoms. The highest BCUT2D eigenvalue weighted by Gasteiger charge is 2.11. The predicted molar refractivity (Wildman–Crippen MR) is 118 cm³/mol. The summed E-state index contributed by atoms with van der Waals surface area (Å²) in [6.07, 6.45) is 5.38. The summed E-state index contributed by atoms with van der Waals surface area (Å²) in [6, 6.07) is 15.0. The molecular formula is C24H26FNO4S. The predicted octanol–water partition coefficient (Wildman–Crippen LogP) is 5.13. The highest BCUT2D eigenvalue weighted by molar-refractivity contribution is 7.90. The number of nitrogens with zero attached hydrogens (tertiary/aromatic N) is 1. The van der Waals surface area contributed by atoms with Gasteiger partial charge in [-0.3, -0.25) is 4.98 Å². The summed E-state index contributed by atoms with van der Waals surface area (Å²) in [5, 5.41) is 0. The summed E-state index contributed by atoms with van der Waals surface area (Å²) < 4.78 is 36.6. The Labute approximate surface area is 182 Å². The lowest BCUT2D eigenvalue weighted by Crippen LogP contribution is -2.04. The van der Waals surface area contributed by atoms with E-state index in [-0.39, 0.29) is 17.3 Å². The minimum atomic E-state index is -3.25. The Morgan fingerprint density at radius 3 is 2.32 bits per heavy atom. The summed E-state index contributed by atoms with van der Waals surface area (Å²) in [5.41, 5.74) is 4.29. The van der Waals surface area contributed by atoms with Crippen molar-refractivity contribution in [3.63, 3.8) is 0 Å². The average Bonchev–Trinajstić information content (AvgIpc) is 2.75. The van der Waals surface area contributed by atoms with Crippen LogP contribution < -0.4 is 0 Å². The van der Waals surface area contributed by atoms with E-state index >= 15 is 0 Å². The molecule has 3 rings (SSSR count). The Morgan fingerprint density at radius 1 is 0.968 bits per heavy atom. The quantitative estimate of drug-likeness (QED) is 0.247. The van der Waals surface area contributed by atoms with Gasteiger partial charge in [-0.25, -0.2) is 22.6 Å². The maximum Gasteiger partial charge on any atom is 0.175 e. The molecule has 7 heteroatoms. The third kappa shape index (κ3) is 6.69. The normalized spacial score (nSPS) is 11.6. The first-order valence-corrected chi connectivity index (χ1v) is 12.0. The Bertz CT molecular complexity index is 1100. The van der Waals surface area contributed by atoms with Crippen LogP contribution in [0.15, 0.2) is 65.7 Å². The fourth-order valence-corrected chi connectivity index (χ4v) is 3.67. The summed E-state index contributed by atoms with van der Waals surface area (Å²) in [6.45, 7) is 2.82. The van der Waals surface area contributed by atoms with Crippen molar-refractivity contribution in [1.82, 2.24) is 4.98 Å². The van der Waals surface area contributed by atoms with Gasteiger partial charge in [0.1, 0.15) is 12.4 Å². The van der Waals surface area contributed by atoms with E-state index in [4.69, 9.17) is 9.78 Å². The fraction of sp³-hybridized carbons (Fsp3) is 0.292. The molecule has 0 radical (unpaired) electrons. The molecule has 0 unspecified atom stereocenters. The van der Waals surface area contributed by atoms with Gasteiger partial charge in [0.25, 0.3) is 0 Å². The minimum Gasteiger partial charge on any atom is -0.260 e. The molecule has 0 N–H and O–H groups in total. The summed E-state index contributed by atoms with van der Waals surface area (Å²) >= 11 is 0. The lowest BCUT2D eigenvalue weighted by Gasteiger charge is -2.12. The zero-order valence-corrected chi connectivity index (χ0v) is 18.5. The zero-order chi connectivity index (χ0) is 22.3. The molecule has 0 fully saturated rings. The Morgan fingerprint density at radius 2 is 1.68 bits per heavy atom. The summed E-state index contributed by atoms with van der Waals surface area (Å²) in [4.78, 5) is 15.5. The largest absolute Gasteiger partial charge is 0.260 e. The third-order valence-corrected chi connectivity index (χ3v) is 5.97. The topological polar surface area (TPSA) is 65.5 Å². The second kappa shape index (κ2) is 10.6. The number of pyridine rings is 1. The standard InChI is InChI=1S/C24H26FNO4S/c1-3-4-13-29-30-17-21-15-20(19-7-11-23(12-8-19)31(2,27)28)16-26-24(21)14-18-5-9-22(25)10-6-18/h5-12,15-16H,3-4,13-14,17H2,1-2H3. The SMILES string of the molecule is CCCCOOCc1cc(-c2ccc(S(C)(=O)=O)cc2)cnc1Cc1ccc(F)cc1.